The van der Waals surface area contributed by atoms with Crippen molar-refractivity contribution in [3.8, 4) is 0 Å². The van der Waals surface area contributed by atoms with E-state index in [0.717, 1.165) is 50.6 Å². The fourth-order valence-corrected chi connectivity index (χ4v) is 5.34. The monoisotopic (exact) mass is 463 g/mol. The Labute approximate surface area is 194 Å². The lowest BCUT2D eigenvalue weighted by Crippen LogP contribution is -2.52. The molecule has 5 nitrogen and oxygen atoms in total. The van der Waals surface area contributed by atoms with Gasteiger partial charge in [-0.15, -0.1) is 0 Å². The summed E-state index contributed by atoms with van der Waals surface area (Å²) in [5.41, 5.74) is 1.04. The second kappa shape index (κ2) is 10.3. The molecule has 1 atom stereocenters. The number of halogens is 2. The minimum absolute atomic E-state index is 0.0971. The van der Waals surface area contributed by atoms with E-state index in [1.54, 1.807) is 12.1 Å². The maximum atomic E-state index is 12.2. The van der Waals surface area contributed by atoms with Crippen molar-refractivity contribution >= 4 is 34.8 Å². The van der Waals surface area contributed by atoms with E-state index in [1.165, 1.54) is 25.5 Å². The van der Waals surface area contributed by atoms with Crippen molar-refractivity contribution in [3.63, 3.8) is 0 Å². The van der Waals surface area contributed by atoms with Crippen molar-refractivity contribution in [2.75, 3.05) is 31.1 Å². The molecule has 4 rings (SSSR count). The zero-order chi connectivity index (χ0) is 21.8. The van der Waals surface area contributed by atoms with Crippen LogP contribution in [0.25, 0.3) is 0 Å². The third kappa shape index (κ3) is 5.57. The molecule has 2 fully saturated rings. The number of rotatable bonds is 6. The third-order valence-electron chi connectivity index (χ3n) is 6.73. The Morgan fingerprint density at radius 1 is 1.13 bits per heavy atom. The lowest BCUT2D eigenvalue weighted by atomic mass is 9.84. The molecule has 2 heterocycles. The Hall–Kier alpha value is -1.69. The van der Waals surface area contributed by atoms with Gasteiger partial charge in [-0.3, -0.25) is 9.69 Å². The maximum Gasteiger partial charge on any atom is 0.287 e. The highest BCUT2D eigenvalue weighted by Crippen LogP contribution is 2.34. The molecule has 1 aliphatic carbocycles. The number of piperazine rings is 1. The second-order valence-electron chi connectivity index (χ2n) is 8.87. The topological polar surface area (TPSA) is 48.7 Å². The number of carbonyl (C=O) groups excluding carboxylic acids is 1. The van der Waals surface area contributed by atoms with Crippen LogP contribution in [0.15, 0.2) is 41.0 Å². The smallest absolute Gasteiger partial charge is 0.287 e. The Morgan fingerprint density at radius 3 is 2.65 bits per heavy atom. The normalized spacial score (nSPS) is 24.9. The van der Waals surface area contributed by atoms with Crippen molar-refractivity contribution in [2.45, 2.75) is 51.1 Å². The summed E-state index contributed by atoms with van der Waals surface area (Å²) in [5, 5.41) is 4.38. The van der Waals surface area contributed by atoms with E-state index >= 15 is 0 Å². The summed E-state index contributed by atoms with van der Waals surface area (Å²) in [6.45, 7) is 6.44. The molecule has 0 unspecified atom stereocenters. The number of nitrogens with one attached hydrogen (secondary N) is 1. The molecule has 1 saturated heterocycles. The van der Waals surface area contributed by atoms with Crippen LogP contribution in [0.5, 0.6) is 0 Å². The van der Waals surface area contributed by atoms with Crippen LogP contribution in [0.4, 0.5) is 5.69 Å². The van der Waals surface area contributed by atoms with Gasteiger partial charge in [-0.05, 0) is 75.8 Å². The standard InChI is InChI=1S/C24H31Cl2N3O2/c1-17-16-28(13-14-29(17)21-5-2-4-20(25)23(21)26)12-11-18-7-9-19(10-8-18)27-24(30)22-6-3-15-31-22/h2-6,15,17-19H,7-14,16H2,1H3,(H,27,30)/t17-,18-,19-/m1/s1. The highest BCUT2D eigenvalue weighted by molar-refractivity contribution is 6.43. The van der Waals surface area contributed by atoms with Crippen molar-refractivity contribution in [1.29, 1.82) is 0 Å². The Kier molecular flexibility index (Phi) is 7.47. The molecule has 0 bridgehead atoms. The average Bonchev–Trinajstić information content (AvgIpc) is 3.31. The van der Waals surface area contributed by atoms with Gasteiger partial charge in [-0.2, -0.15) is 0 Å². The molecular weight excluding hydrogens is 433 g/mol. The first-order valence-corrected chi connectivity index (χ1v) is 12.0. The van der Waals surface area contributed by atoms with E-state index in [-0.39, 0.29) is 11.9 Å². The number of furan rings is 1. The van der Waals surface area contributed by atoms with Gasteiger partial charge in [0, 0.05) is 31.7 Å². The van der Waals surface area contributed by atoms with Gasteiger partial charge in [0.15, 0.2) is 5.76 Å². The van der Waals surface area contributed by atoms with E-state index in [0.29, 0.717) is 21.8 Å². The van der Waals surface area contributed by atoms with Crippen molar-refractivity contribution in [1.82, 2.24) is 10.2 Å². The minimum atomic E-state index is -0.0971. The van der Waals surface area contributed by atoms with Crippen LogP contribution in [0.1, 0.15) is 49.6 Å². The van der Waals surface area contributed by atoms with E-state index in [1.807, 2.05) is 12.1 Å². The average molecular weight is 464 g/mol. The molecule has 1 saturated carbocycles. The van der Waals surface area contributed by atoms with Gasteiger partial charge in [0.1, 0.15) is 0 Å². The van der Waals surface area contributed by atoms with Crippen LogP contribution >= 0.6 is 23.2 Å². The third-order valence-corrected chi connectivity index (χ3v) is 7.54. The van der Waals surface area contributed by atoms with Crippen molar-refractivity contribution < 1.29 is 9.21 Å². The van der Waals surface area contributed by atoms with Crippen molar-refractivity contribution in [2.24, 2.45) is 5.92 Å². The number of anilines is 1. The highest BCUT2D eigenvalue weighted by Gasteiger charge is 2.27. The summed E-state index contributed by atoms with van der Waals surface area (Å²) < 4.78 is 5.19. The molecule has 2 aromatic rings. The van der Waals surface area contributed by atoms with Crippen LogP contribution in [0.3, 0.4) is 0 Å². The number of carbonyl (C=O) groups is 1. The molecule has 0 spiro atoms. The number of hydrogen-bond donors (Lipinski definition) is 1. The summed E-state index contributed by atoms with van der Waals surface area (Å²) >= 11 is 12.7. The second-order valence-corrected chi connectivity index (χ2v) is 9.66. The zero-order valence-electron chi connectivity index (χ0n) is 18.0. The van der Waals surface area contributed by atoms with Gasteiger partial charge in [-0.1, -0.05) is 29.3 Å². The van der Waals surface area contributed by atoms with Crippen LogP contribution in [0, 0.1) is 5.92 Å². The molecule has 1 N–H and O–H groups in total. The first kappa shape index (κ1) is 22.5. The molecule has 0 radical (unpaired) electrons. The van der Waals surface area contributed by atoms with Gasteiger partial charge < -0.3 is 14.6 Å². The van der Waals surface area contributed by atoms with E-state index in [2.05, 4.69) is 28.1 Å². The minimum Gasteiger partial charge on any atom is -0.459 e. The number of benzene rings is 1. The number of hydrogen-bond acceptors (Lipinski definition) is 4. The van der Waals surface area contributed by atoms with E-state index < -0.39 is 0 Å². The summed E-state index contributed by atoms with van der Waals surface area (Å²) in [7, 11) is 0. The molecule has 2 aliphatic rings. The van der Waals surface area contributed by atoms with Crippen LogP contribution in [0.2, 0.25) is 10.0 Å². The van der Waals surface area contributed by atoms with Gasteiger partial charge in [0.2, 0.25) is 0 Å². The molecule has 1 amide bonds. The van der Waals surface area contributed by atoms with Crippen LogP contribution in [-0.4, -0.2) is 49.1 Å². The first-order chi connectivity index (χ1) is 15.0. The van der Waals surface area contributed by atoms with Crippen LogP contribution in [-0.2, 0) is 0 Å². The maximum absolute atomic E-state index is 12.2. The lowest BCUT2D eigenvalue weighted by Gasteiger charge is -2.42. The predicted molar refractivity (Wildman–Crippen MR) is 126 cm³/mol. The highest BCUT2D eigenvalue weighted by atomic mass is 35.5. The first-order valence-electron chi connectivity index (χ1n) is 11.3. The van der Waals surface area contributed by atoms with Crippen LogP contribution < -0.4 is 10.2 Å². The van der Waals surface area contributed by atoms with Gasteiger partial charge in [0.25, 0.3) is 5.91 Å². The molecule has 31 heavy (non-hydrogen) atoms. The summed E-state index contributed by atoms with van der Waals surface area (Å²) in [4.78, 5) is 17.1. The molecular formula is C24H31Cl2N3O2. The summed E-state index contributed by atoms with van der Waals surface area (Å²) in [6, 6.07) is 9.99. The SMILES string of the molecule is C[C@@H]1CN(CC[C@H]2CC[C@H](NC(=O)c3ccco3)CC2)CCN1c1cccc(Cl)c1Cl. The Balaban J connectivity index is 1.19. The molecule has 1 aromatic carbocycles. The van der Waals surface area contributed by atoms with Gasteiger partial charge in [-0.25, -0.2) is 0 Å². The van der Waals surface area contributed by atoms with Gasteiger partial charge >= 0.3 is 0 Å². The number of amides is 1. The predicted octanol–water partition coefficient (Wildman–Crippen LogP) is 5.48. The Morgan fingerprint density at radius 2 is 1.94 bits per heavy atom. The molecule has 1 aromatic heterocycles. The quantitative estimate of drug-likeness (QED) is 0.616. The Bertz CT molecular complexity index is 866. The zero-order valence-corrected chi connectivity index (χ0v) is 19.5. The van der Waals surface area contributed by atoms with Crippen molar-refractivity contribution in [3.05, 3.63) is 52.4 Å². The summed E-state index contributed by atoms with van der Waals surface area (Å²) in [6.07, 6.45) is 7.22. The summed E-state index contributed by atoms with van der Waals surface area (Å²) in [5.74, 6) is 1.04. The van der Waals surface area contributed by atoms with E-state index in [9.17, 15) is 4.79 Å². The fourth-order valence-electron chi connectivity index (χ4n) is 4.93. The largest absolute Gasteiger partial charge is 0.459 e. The molecule has 1 aliphatic heterocycles. The lowest BCUT2D eigenvalue weighted by molar-refractivity contribution is 0.0891. The molecule has 168 valence electrons. The number of nitrogens with zero attached hydrogens (tertiary/aromatic N) is 2. The molecule has 7 heteroatoms. The van der Waals surface area contributed by atoms with E-state index in [4.69, 9.17) is 27.6 Å². The fraction of sp³-hybridized carbons (Fsp3) is 0.542. The van der Waals surface area contributed by atoms with Gasteiger partial charge in [0.05, 0.1) is 22.0 Å².